The molecule has 1 saturated carbocycles. The molecule has 1 heterocycles. The lowest BCUT2D eigenvalue weighted by Crippen LogP contribution is -2.30. The lowest BCUT2D eigenvalue weighted by atomic mass is 9.76. The molecule has 0 spiro atoms. The zero-order valence-corrected chi connectivity index (χ0v) is 24.9. The summed E-state index contributed by atoms with van der Waals surface area (Å²) >= 11 is 0. The normalized spacial score (nSPS) is 15.5. The van der Waals surface area contributed by atoms with Crippen molar-refractivity contribution < 1.29 is 19.2 Å². The average molecular weight is 569 g/mol. The summed E-state index contributed by atoms with van der Waals surface area (Å²) in [4.78, 5) is 38.6. The molecule has 2 N–H and O–H groups in total. The van der Waals surface area contributed by atoms with E-state index in [0.717, 1.165) is 53.6 Å². The number of para-hydroxylation sites is 1. The maximum Gasteiger partial charge on any atom is 0.307 e. The average Bonchev–Trinajstić information content (AvgIpc) is 3.58. The van der Waals surface area contributed by atoms with Gasteiger partial charge in [0.25, 0.3) is 5.56 Å². The Morgan fingerprint density at radius 2 is 1.69 bits per heavy atom. The van der Waals surface area contributed by atoms with Gasteiger partial charge in [-0.1, -0.05) is 82.1 Å². The van der Waals surface area contributed by atoms with Crippen molar-refractivity contribution >= 4 is 28.5 Å². The van der Waals surface area contributed by atoms with E-state index in [1.165, 1.54) is 4.74 Å². The van der Waals surface area contributed by atoms with Gasteiger partial charge >= 0.3 is 5.97 Å². The topological polar surface area (TPSA) is 102 Å². The summed E-state index contributed by atoms with van der Waals surface area (Å²) < 4.78 is 7.12. The molecule has 0 radical (unpaired) electrons. The number of aromatic nitrogens is 1. The van der Waals surface area contributed by atoms with Gasteiger partial charge in [-0.15, -0.1) is 0 Å². The summed E-state index contributed by atoms with van der Waals surface area (Å²) in [5, 5.41) is 13.6. The van der Waals surface area contributed by atoms with Gasteiger partial charge in [-0.3, -0.25) is 14.4 Å². The van der Waals surface area contributed by atoms with Crippen molar-refractivity contribution in [1.29, 1.82) is 0 Å². The number of fused-ring (bicyclic) bond motifs is 1. The molecule has 5 rings (SSSR count). The molecule has 0 saturated heterocycles. The lowest BCUT2D eigenvalue weighted by molar-refractivity contribution is -0.145. The summed E-state index contributed by atoms with van der Waals surface area (Å²) in [5.41, 5.74) is 4.43. The second-order valence-electron chi connectivity index (χ2n) is 12.7. The van der Waals surface area contributed by atoms with Gasteiger partial charge in [-0.25, -0.2) is 0 Å². The molecular weight excluding hydrogens is 528 g/mol. The second kappa shape index (κ2) is 12.0. The molecule has 7 nitrogen and oxygen atoms in total. The first-order chi connectivity index (χ1) is 20.0. The summed E-state index contributed by atoms with van der Waals surface area (Å²) in [6.07, 6.45) is 4.62. The third kappa shape index (κ3) is 6.20. The molecule has 2 unspecified atom stereocenters. The molecule has 1 aromatic heterocycles. The van der Waals surface area contributed by atoms with Crippen molar-refractivity contribution in [2.75, 3.05) is 5.32 Å². The van der Waals surface area contributed by atoms with E-state index in [1.54, 1.807) is 12.1 Å². The van der Waals surface area contributed by atoms with Crippen LogP contribution in [0.5, 0.6) is 0 Å². The Morgan fingerprint density at radius 3 is 2.33 bits per heavy atom. The Hall–Kier alpha value is -4.13. The highest BCUT2D eigenvalue weighted by molar-refractivity contribution is 5.97. The van der Waals surface area contributed by atoms with Gasteiger partial charge in [0.2, 0.25) is 5.91 Å². The van der Waals surface area contributed by atoms with Crippen molar-refractivity contribution in [3.05, 3.63) is 99.3 Å². The van der Waals surface area contributed by atoms with Crippen LogP contribution >= 0.6 is 0 Å². The van der Waals surface area contributed by atoms with E-state index in [1.807, 2.05) is 82.3 Å². The Labute approximate surface area is 246 Å². The van der Waals surface area contributed by atoms with Gasteiger partial charge in [-0.05, 0) is 78.0 Å². The molecule has 1 amide bonds. The van der Waals surface area contributed by atoms with Crippen LogP contribution in [0.25, 0.3) is 11.0 Å². The van der Waals surface area contributed by atoms with Crippen molar-refractivity contribution in [3.63, 3.8) is 0 Å². The third-order valence-electron chi connectivity index (χ3n) is 8.84. The fourth-order valence-corrected chi connectivity index (χ4v) is 6.28. The number of carbonyl (C=O) groups is 2. The van der Waals surface area contributed by atoms with Crippen molar-refractivity contribution in [1.82, 2.24) is 4.74 Å². The quantitative estimate of drug-likeness (QED) is 0.223. The number of benzene rings is 3. The van der Waals surface area contributed by atoms with E-state index in [-0.39, 0.29) is 23.3 Å². The van der Waals surface area contributed by atoms with E-state index >= 15 is 0 Å². The molecular formula is C35H40N2O5. The van der Waals surface area contributed by atoms with Crippen molar-refractivity contribution in [3.8, 4) is 0 Å². The van der Waals surface area contributed by atoms with E-state index in [2.05, 4.69) is 5.32 Å². The predicted octanol–water partition coefficient (Wildman–Crippen LogP) is 7.15. The number of nitrogens with one attached hydrogen (secondary N) is 1. The van der Waals surface area contributed by atoms with Crippen LogP contribution in [0.3, 0.4) is 0 Å². The number of aliphatic carboxylic acids is 1. The zero-order chi connectivity index (χ0) is 30.0. The van der Waals surface area contributed by atoms with Crippen LogP contribution in [0.2, 0.25) is 0 Å². The highest BCUT2D eigenvalue weighted by atomic mass is 16.5. The Balaban J connectivity index is 1.37. The molecule has 1 aliphatic rings. The smallest absolute Gasteiger partial charge is 0.307 e. The number of hydrogen-bond acceptors (Lipinski definition) is 4. The molecule has 4 aromatic rings. The molecule has 0 aliphatic heterocycles. The van der Waals surface area contributed by atoms with Crippen LogP contribution in [-0.4, -0.2) is 21.7 Å². The minimum absolute atomic E-state index is 0.0472. The van der Waals surface area contributed by atoms with Crippen LogP contribution in [0, 0.1) is 24.2 Å². The fourth-order valence-electron chi connectivity index (χ4n) is 6.28. The fraction of sp³-hybridized carbons (Fsp3) is 0.400. The summed E-state index contributed by atoms with van der Waals surface area (Å²) in [7, 11) is 0. The van der Waals surface area contributed by atoms with Gasteiger partial charge < -0.3 is 14.9 Å². The monoisotopic (exact) mass is 568 g/mol. The lowest BCUT2D eigenvalue weighted by Gasteiger charge is -2.28. The molecule has 3 aromatic carbocycles. The number of carboxylic acid groups (broad SMARTS) is 1. The summed E-state index contributed by atoms with van der Waals surface area (Å²) in [6.45, 7) is 8.09. The number of rotatable bonds is 9. The van der Waals surface area contributed by atoms with Gasteiger partial charge in [0.05, 0.1) is 23.8 Å². The predicted molar refractivity (Wildman–Crippen MR) is 165 cm³/mol. The number of carboxylic acids is 1. The third-order valence-corrected chi connectivity index (χ3v) is 8.84. The highest BCUT2D eigenvalue weighted by Crippen LogP contribution is 2.39. The molecule has 2 atom stereocenters. The van der Waals surface area contributed by atoms with Crippen LogP contribution in [-0.2, 0) is 22.6 Å². The number of carbonyl (C=O) groups excluding carboxylic acids is 1. The number of amides is 1. The standard InChI is InChI=1S/C35H40N2O5/c1-22-26(20-28(34(40)41)35(2,3)4)12-9-14-29(22)36-32(38)31(24-10-5-6-11-24)25-18-16-23(17-19-25)21-37-33(39)27-13-7-8-15-30(27)42-37/h7-9,12-19,24,28,31H,5-6,10-11,20-21H2,1-4H3,(H,36,38)(H,40,41). The van der Waals surface area contributed by atoms with Gasteiger partial charge in [-0.2, -0.15) is 4.74 Å². The van der Waals surface area contributed by atoms with Crippen LogP contribution in [0.15, 0.2) is 76.0 Å². The second-order valence-corrected chi connectivity index (χ2v) is 12.7. The number of nitrogens with zero attached hydrogens (tertiary/aromatic N) is 1. The Bertz CT molecular complexity index is 1630. The number of hydrogen-bond donors (Lipinski definition) is 2. The highest BCUT2D eigenvalue weighted by Gasteiger charge is 2.34. The first-order valence-corrected chi connectivity index (χ1v) is 14.8. The molecule has 7 heteroatoms. The number of anilines is 1. The van der Waals surface area contributed by atoms with Crippen LogP contribution in [0.1, 0.15) is 74.6 Å². The first-order valence-electron chi connectivity index (χ1n) is 14.8. The van der Waals surface area contributed by atoms with Gasteiger partial charge in [0, 0.05) is 5.69 Å². The Kier molecular flexibility index (Phi) is 8.39. The van der Waals surface area contributed by atoms with Crippen molar-refractivity contribution in [2.24, 2.45) is 17.3 Å². The molecule has 1 aliphatic carbocycles. The maximum absolute atomic E-state index is 13.9. The molecule has 0 bridgehead atoms. The maximum atomic E-state index is 13.9. The van der Waals surface area contributed by atoms with Crippen LogP contribution in [0.4, 0.5) is 5.69 Å². The molecule has 1 fully saturated rings. The van der Waals surface area contributed by atoms with Gasteiger partial charge in [0.15, 0.2) is 5.58 Å². The molecule has 42 heavy (non-hydrogen) atoms. The SMILES string of the molecule is Cc1c(CC(C(=O)O)C(C)(C)C)cccc1NC(=O)C(c1ccc(Cn2oc3ccccc3c2=O)cc1)C1CCCC1. The minimum atomic E-state index is -0.814. The van der Waals surface area contributed by atoms with Gasteiger partial charge in [0.1, 0.15) is 0 Å². The van der Waals surface area contributed by atoms with E-state index in [4.69, 9.17) is 4.52 Å². The zero-order valence-electron chi connectivity index (χ0n) is 24.9. The van der Waals surface area contributed by atoms with E-state index in [0.29, 0.717) is 23.9 Å². The summed E-state index contributed by atoms with van der Waals surface area (Å²) in [5.74, 6) is -1.46. The van der Waals surface area contributed by atoms with E-state index in [9.17, 15) is 19.5 Å². The van der Waals surface area contributed by atoms with Crippen molar-refractivity contribution in [2.45, 2.75) is 72.3 Å². The first kappa shape index (κ1) is 29.4. The van der Waals surface area contributed by atoms with E-state index < -0.39 is 17.3 Å². The largest absolute Gasteiger partial charge is 0.481 e. The summed E-state index contributed by atoms with van der Waals surface area (Å²) in [6, 6.07) is 20.9. The van der Waals surface area contributed by atoms with Crippen LogP contribution < -0.4 is 10.9 Å². The molecule has 220 valence electrons. The minimum Gasteiger partial charge on any atom is -0.481 e. The Morgan fingerprint density at radius 1 is 1.00 bits per heavy atom.